The summed E-state index contributed by atoms with van der Waals surface area (Å²) < 4.78 is 80.3. The molecule has 0 bridgehead atoms. The molecule has 1 amide bonds. The minimum absolute atomic E-state index is 0.0958. The molecular formula is C15H13F6N3O2. The molecule has 0 aliphatic carbocycles. The third-order valence-corrected chi connectivity index (χ3v) is 4.10. The molecule has 11 heteroatoms. The van der Waals surface area contributed by atoms with Crippen molar-refractivity contribution >= 4 is 5.91 Å². The number of hydrogen-bond donors (Lipinski definition) is 0. The lowest BCUT2D eigenvalue weighted by Gasteiger charge is -2.40. The van der Waals surface area contributed by atoms with E-state index < -0.39 is 36.6 Å². The van der Waals surface area contributed by atoms with E-state index in [1.165, 1.54) is 29.2 Å². The van der Waals surface area contributed by atoms with Crippen molar-refractivity contribution in [3.05, 3.63) is 35.4 Å². The Balaban J connectivity index is 1.52. The van der Waals surface area contributed by atoms with Crippen LogP contribution in [0.25, 0.3) is 0 Å². The van der Waals surface area contributed by atoms with E-state index in [4.69, 9.17) is 0 Å². The summed E-state index contributed by atoms with van der Waals surface area (Å²) in [6, 6.07) is 5.10. The van der Waals surface area contributed by atoms with Crippen LogP contribution >= 0.6 is 0 Å². The number of ether oxygens (including phenoxy) is 1. The SMILES string of the molecule is O=C(Cc1ccc(C2(C(F)(F)F)N=N2)cc1)N1CC(OC(F)(F)CF)C1. The number of rotatable bonds is 6. The van der Waals surface area contributed by atoms with Crippen molar-refractivity contribution in [2.75, 3.05) is 19.8 Å². The third kappa shape index (κ3) is 3.53. The molecular weight excluding hydrogens is 368 g/mol. The normalized spacial score (nSPS) is 19.4. The summed E-state index contributed by atoms with van der Waals surface area (Å²) in [6.07, 6.45) is -9.56. The summed E-state index contributed by atoms with van der Waals surface area (Å²) in [6.45, 7) is -2.13. The van der Waals surface area contributed by atoms with Crippen LogP contribution in [-0.4, -0.2) is 49.0 Å². The molecule has 0 spiro atoms. The minimum Gasteiger partial charge on any atom is -0.337 e. The Bertz CT molecular complexity index is 707. The first kappa shape index (κ1) is 18.6. The number of likely N-dealkylation sites (tertiary alicyclic amines) is 1. The lowest BCUT2D eigenvalue weighted by Crippen LogP contribution is -2.57. The number of benzene rings is 1. The molecule has 1 aromatic rings. The number of amides is 1. The van der Waals surface area contributed by atoms with Gasteiger partial charge in [-0.3, -0.25) is 4.79 Å². The standard InChI is InChI=1S/C15H13F6N3O2/c16-8-13(17,18)26-11-6-24(7-11)12(25)5-9-1-3-10(4-2-9)14(22-23-14)15(19,20)21/h1-4,11H,5-8H2. The van der Waals surface area contributed by atoms with Gasteiger partial charge < -0.3 is 9.64 Å². The Morgan fingerprint density at radius 3 is 2.19 bits per heavy atom. The number of nitrogens with zero attached hydrogens (tertiary/aromatic N) is 3. The highest BCUT2D eigenvalue weighted by Gasteiger charge is 2.65. The summed E-state index contributed by atoms with van der Waals surface area (Å²) >= 11 is 0. The third-order valence-electron chi connectivity index (χ3n) is 4.10. The van der Waals surface area contributed by atoms with Crippen LogP contribution in [0.2, 0.25) is 0 Å². The van der Waals surface area contributed by atoms with Gasteiger partial charge in [-0.05, 0) is 5.56 Å². The molecule has 0 N–H and O–H groups in total. The van der Waals surface area contributed by atoms with Gasteiger partial charge >= 0.3 is 17.9 Å². The molecule has 1 aromatic carbocycles. The lowest BCUT2D eigenvalue weighted by atomic mass is 10.00. The molecule has 3 rings (SSSR count). The summed E-state index contributed by atoms with van der Waals surface area (Å²) in [4.78, 5) is 13.3. The number of halogens is 6. The molecule has 2 heterocycles. The van der Waals surface area contributed by atoms with Crippen LogP contribution in [0.3, 0.4) is 0 Å². The molecule has 26 heavy (non-hydrogen) atoms. The Morgan fingerprint density at radius 2 is 1.73 bits per heavy atom. The highest BCUT2D eigenvalue weighted by molar-refractivity contribution is 5.79. The van der Waals surface area contributed by atoms with Gasteiger partial charge in [0.05, 0.1) is 12.5 Å². The van der Waals surface area contributed by atoms with Crippen LogP contribution in [0.1, 0.15) is 11.1 Å². The zero-order valence-electron chi connectivity index (χ0n) is 13.1. The fraction of sp³-hybridized carbons (Fsp3) is 0.533. The second-order valence-corrected chi connectivity index (χ2v) is 6.05. The predicted molar refractivity (Wildman–Crippen MR) is 75.1 cm³/mol. The molecule has 142 valence electrons. The van der Waals surface area contributed by atoms with Crippen molar-refractivity contribution in [1.29, 1.82) is 0 Å². The second kappa shape index (κ2) is 6.22. The van der Waals surface area contributed by atoms with Gasteiger partial charge in [-0.25, -0.2) is 4.39 Å². The first-order chi connectivity index (χ1) is 12.1. The molecule has 2 aliphatic heterocycles. The van der Waals surface area contributed by atoms with Gasteiger partial charge in [0.15, 0.2) is 6.67 Å². The molecule has 0 atom stereocenters. The second-order valence-electron chi connectivity index (χ2n) is 6.05. The fourth-order valence-electron chi connectivity index (χ4n) is 2.58. The van der Waals surface area contributed by atoms with E-state index in [9.17, 15) is 31.1 Å². The average Bonchev–Trinajstić information content (AvgIpc) is 3.32. The van der Waals surface area contributed by atoms with Crippen LogP contribution in [0.15, 0.2) is 34.5 Å². The van der Waals surface area contributed by atoms with Gasteiger partial charge in [0, 0.05) is 18.7 Å². The van der Waals surface area contributed by atoms with E-state index in [1.807, 2.05) is 0 Å². The van der Waals surface area contributed by atoms with Crippen molar-refractivity contribution in [3.8, 4) is 0 Å². The zero-order chi connectivity index (χ0) is 19.2. The first-order valence-electron chi connectivity index (χ1n) is 7.56. The lowest BCUT2D eigenvalue weighted by molar-refractivity contribution is -0.285. The summed E-state index contributed by atoms with van der Waals surface area (Å²) in [5.74, 6) is -0.396. The average molecular weight is 381 g/mol. The number of carbonyl (C=O) groups is 1. The molecule has 0 aromatic heterocycles. The van der Waals surface area contributed by atoms with Gasteiger partial charge in [0.2, 0.25) is 5.91 Å². The number of hydrogen-bond acceptors (Lipinski definition) is 4. The maximum absolute atomic E-state index is 12.9. The fourth-order valence-corrected chi connectivity index (χ4v) is 2.58. The van der Waals surface area contributed by atoms with E-state index in [0.29, 0.717) is 5.56 Å². The van der Waals surface area contributed by atoms with Crippen LogP contribution < -0.4 is 0 Å². The Labute approximate surface area is 143 Å². The maximum atomic E-state index is 12.9. The van der Waals surface area contributed by atoms with Gasteiger partial charge in [0.25, 0.3) is 0 Å². The van der Waals surface area contributed by atoms with E-state index >= 15 is 0 Å². The van der Waals surface area contributed by atoms with Gasteiger partial charge in [-0.2, -0.15) is 22.0 Å². The van der Waals surface area contributed by atoms with Crippen molar-refractivity contribution in [2.24, 2.45) is 10.2 Å². The molecule has 5 nitrogen and oxygen atoms in total. The monoisotopic (exact) mass is 381 g/mol. The molecule has 1 saturated heterocycles. The summed E-state index contributed by atoms with van der Waals surface area (Å²) in [5, 5.41) is 6.17. The van der Waals surface area contributed by atoms with Crippen LogP contribution in [0.4, 0.5) is 26.3 Å². The zero-order valence-corrected chi connectivity index (χ0v) is 13.1. The highest BCUT2D eigenvalue weighted by atomic mass is 19.4. The first-order valence-corrected chi connectivity index (χ1v) is 7.56. The van der Waals surface area contributed by atoms with Gasteiger partial charge in [-0.1, -0.05) is 24.3 Å². The highest BCUT2D eigenvalue weighted by Crippen LogP contribution is 2.52. The Kier molecular flexibility index (Phi) is 4.45. The van der Waals surface area contributed by atoms with Gasteiger partial charge in [-0.15, -0.1) is 10.2 Å². The van der Waals surface area contributed by atoms with Crippen LogP contribution in [0.5, 0.6) is 0 Å². The maximum Gasteiger partial charge on any atom is 0.442 e. The van der Waals surface area contributed by atoms with E-state index in [2.05, 4.69) is 15.0 Å². The molecule has 1 fully saturated rings. The Hall–Kier alpha value is -2.17. The molecule has 0 unspecified atom stereocenters. The van der Waals surface area contributed by atoms with E-state index in [-0.39, 0.29) is 25.1 Å². The van der Waals surface area contributed by atoms with Crippen molar-refractivity contribution in [3.63, 3.8) is 0 Å². The minimum atomic E-state index is -4.63. The summed E-state index contributed by atoms with van der Waals surface area (Å²) in [7, 11) is 0. The number of alkyl halides is 6. The topological polar surface area (TPSA) is 54.3 Å². The van der Waals surface area contributed by atoms with E-state index in [0.717, 1.165) is 0 Å². The predicted octanol–water partition coefficient (Wildman–Crippen LogP) is 3.20. The Morgan fingerprint density at radius 1 is 1.15 bits per heavy atom. The van der Waals surface area contributed by atoms with Gasteiger partial charge in [0.1, 0.15) is 0 Å². The largest absolute Gasteiger partial charge is 0.442 e. The quantitative estimate of drug-likeness (QED) is 0.711. The smallest absolute Gasteiger partial charge is 0.337 e. The molecule has 0 saturated carbocycles. The van der Waals surface area contributed by atoms with Crippen molar-refractivity contribution < 1.29 is 35.9 Å². The number of carbonyl (C=O) groups excluding carboxylic acids is 1. The van der Waals surface area contributed by atoms with Crippen molar-refractivity contribution in [2.45, 2.75) is 30.5 Å². The molecule has 2 aliphatic rings. The molecule has 0 radical (unpaired) electrons. The van der Waals surface area contributed by atoms with Crippen LogP contribution in [-0.2, 0) is 21.6 Å². The van der Waals surface area contributed by atoms with E-state index in [1.54, 1.807) is 0 Å². The van der Waals surface area contributed by atoms with Crippen molar-refractivity contribution in [1.82, 2.24) is 4.90 Å². The van der Waals surface area contributed by atoms with Crippen LogP contribution in [0, 0.1) is 0 Å². The summed E-state index contributed by atoms with van der Waals surface area (Å²) in [5.41, 5.74) is -2.21.